The van der Waals surface area contributed by atoms with Gasteiger partial charge in [-0.05, 0) is 17.7 Å². The lowest BCUT2D eigenvalue weighted by atomic mass is 10.1. The van der Waals surface area contributed by atoms with E-state index in [1.54, 1.807) is 17.8 Å². The summed E-state index contributed by atoms with van der Waals surface area (Å²) < 4.78 is 21.5. The van der Waals surface area contributed by atoms with Gasteiger partial charge in [-0.25, -0.2) is 9.37 Å². The van der Waals surface area contributed by atoms with Crippen molar-refractivity contribution in [2.24, 2.45) is 12.0 Å². The van der Waals surface area contributed by atoms with Crippen LogP contribution in [-0.2, 0) is 24.9 Å². The number of aromatic nitrogens is 3. The highest BCUT2D eigenvalue weighted by Gasteiger charge is 2.15. The van der Waals surface area contributed by atoms with Crippen LogP contribution >= 0.6 is 0 Å². The molecule has 2 N–H and O–H groups in total. The summed E-state index contributed by atoms with van der Waals surface area (Å²) in [5, 5.41) is 10.4. The third-order valence-electron chi connectivity index (χ3n) is 4.27. The number of benzene rings is 1. The number of guanidine groups is 1. The van der Waals surface area contributed by atoms with Crippen LogP contribution in [0.5, 0.6) is 0 Å². The molecule has 0 atom stereocenters. The molecule has 1 aliphatic heterocycles. The number of nitrogens with zero attached hydrogens (tertiary/aromatic N) is 5. The number of halogens is 1. The van der Waals surface area contributed by atoms with Gasteiger partial charge >= 0.3 is 0 Å². The molecule has 0 amide bonds. The van der Waals surface area contributed by atoms with Crippen LogP contribution in [0.3, 0.4) is 0 Å². The third kappa shape index (κ3) is 4.48. The Balaban J connectivity index is 1.54. The highest BCUT2D eigenvalue weighted by atomic mass is 19.1. The smallest absolute Gasteiger partial charge is 0.191 e. The van der Waals surface area contributed by atoms with Gasteiger partial charge in [-0.1, -0.05) is 6.07 Å². The van der Waals surface area contributed by atoms with Gasteiger partial charge in [0.2, 0.25) is 0 Å². The van der Waals surface area contributed by atoms with E-state index in [4.69, 9.17) is 4.74 Å². The first-order valence-electron chi connectivity index (χ1n) is 8.56. The van der Waals surface area contributed by atoms with E-state index < -0.39 is 0 Å². The Morgan fingerprint density at radius 1 is 1.27 bits per heavy atom. The maximum absolute atomic E-state index is 14.4. The van der Waals surface area contributed by atoms with Crippen molar-refractivity contribution in [3.63, 3.8) is 0 Å². The molecular formula is C17H24FN7O. The topological polar surface area (TPSA) is 79.6 Å². The quantitative estimate of drug-likeness (QED) is 0.602. The van der Waals surface area contributed by atoms with Crippen molar-refractivity contribution in [2.75, 3.05) is 38.3 Å². The molecule has 140 valence electrons. The van der Waals surface area contributed by atoms with Crippen molar-refractivity contribution in [1.29, 1.82) is 0 Å². The molecule has 1 fully saturated rings. The second-order valence-electron chi connectivity index (χ2n) is 5.96. The maximum atomic E-state index is 14.4. The average molecular weight is 361 g/mol. The van der Waals surface area contributed by atoms with E-state index in [1.807, 2.05) is 24.1 Å². The summed E-state index contributed by atoms with van der Waals surface area (Å²) in [5.74, 6) is 1.20. The van der Waals surface area contributed by atoms with Crippen molar-refractivity contribution in [2.45, 2.75) is 13.1 Å². The number of nitrogens with one attached hydrogen (secondary N) is 2. The summed E-state index contributed by atoms with van der Waals surface area (Å²) in [7, 11) is 3.52. The maximum Gasteiger partial charge on any atom is 0.191 e. The predicted octanol–water partition coefficient (Wildman–Crippen LogP) is 0.656. The summed E-state index contributed by atoms with van der Waals surface area (Å²) in [6.45, 7) is 3.67. The van der Waals surface area contributed by atoms with Crippen LogP contribution in [0.25, 0.3) is 0 Å². The number of anilines is 1. The summed E-state index contributed by atoms with van der Waals surface area (Å²) >= 11 is 0. The number of hydrogen-bond acceptors (Lipinski definition) is 5. The number of aliphatic imine (C=N–C) groups is 1. The van der Waals surface area contributed by atoms with Crippen LogP contribution in [0.1, 0.15) is 11.4 Å². The van der Waals surface area contributed by atoms with Gasteiger partial charge in [-0.15, -0.1) is 0 Å². The fourth-order valence-corrected chi connectivity index (χ4v) is 2.77. The Kier molecular flexibility index (Phi) is 6.00. The molecule has 8 nitrogen and oxygen atoms in total. The van der Waals surface area contributed by atoms with Gasteiger partial charge in [0.05, 0.1) is 25.4 Å². The van der Waals surface area contributed by atoms with Gasteiger partial charge < -0.3 is 20.3 Å². The van der Waals surface area contributed by atoms with Crippen molar-refractivity contribution in [1.82, 2.24) is 25.4 Å². The molecule has 0 saturated carbocycles. The molecule has 3 rings (SSSR count). The van der Waals surface area contributed by atoms with Gasteiger partial charge in [0.25, 0.3) is 0 Å². The summed E-state index contributed by atoms with van der Waals surface area (Å²) in [5.41, 5.74) is 1.47. The molecule has 1 aromatic heterocycles. The number of hydrogen-bond donors (Lipinski definition) is 2. The molecule has 2 aromatic rings. The monoisotopic (exact) mass is 361 g/mol. The minimum atomic E-state index is -0.215. The van der Waals surface area contributed by atoms with E-state index in [1.165, 1.54) is 6.33 Å². The minimum absolute atomic E-state index is 0.215. The molecule has 0 radical (unpaired) electrons. The highest BCUT2D eigenvalue weighted by Crippen LogP contribution is 2.21. The van der Waals surface area contributed by atoms with Gasteiger partial charge in [-0.3, -0.25) is 9.67 Å². The minimum Gasteiger partial charge on any atom is -0.378 e. The summed E-state index contributed by atoms with van der Waals surface area (Å²) in [6.07, 6.45) is 1.51. The molecule has 2 heterocycles. The van der Waals surface area contributed by atoms with Crippen LogP contribution in [0.15, 0.2) is 29.5 Å². The fraction of sp³-hybridized carbons (Fsp3) is 0.471. The summed E-state index contributed by atoms with van der Waals surface area (Å²) in [6, 6.07) is 5.32. The van der Waals surface area contributed by atoms with Crippen LogP contribution < -0.4 is 15.5 Å². The van der Waals surface area contributed by atoms with Crippen molar-refractivity contribution in [3.8, 4) is 0 Å². The Hall–Kier alpha value is -2.68. The zero-order valence-electron chi connectivity index (χ0n) is 15.1. The van der Waals surface area contributed by atoms with Crippen molar-refractivity contribution < 1.29 is 9.13 Å². The third-order valence-corrected chi connectivity index (χ3v) is 4.27. The lowest BCUT2D eigenvalue weighted by molar-refractivity contribution is 0.122. The van der Waals surface area contributed by atoms with E-state index in [0.29, 0.717) is 51.0 Å². The number of ether oxygens (including phenoxy) is 1. The first-order valence-corrected chi connectivity index (χ1v) is 8.56. The first kappa shape index (κ1) is 18.1. The average Bonchev–Trinajstić information content (AvgIpc) is 3.07. The highest BCUT2D eigenvalue weighted by molar-refractivity contribution is 5.79. The van der Waals surface area contributed by atoms with Crippen LogP contribution in [-0.4, -0.2) is 54.1 Å². The van der Waals surface area contributed by atoms with Crippen LogP contribution in [0.2, 0.25) is 0 Å². The van der Waals surface area contributed by atoms with Gasteiger partial charge in [0, 0.05) is 33.7 Å². The number of morpholine rings is 1. The van der Waals surface area contributed by atoms with E-state index in [-0.39, 0.29) is 5.82 Å². The van der Waals surface area contributed by atoms with Crippen molar-refractivity contribution >= 4 is 11.6 Å². The van der Waals surface area contributed by atoms with Gasteiger partial charge in [0.15, 0.2) is 5.96 Å². The standard InChI is InChI=1S/C17H24FN7O/c1-19-17(21-11-16-22-12-23-24(16)2)20-10-13-3-4-15(14(18)9-13)25-5-7-26-8-6-25/h3-4,9,12H,5-8,10-11H2,1-2H3,(H2,19,20,21). The second kappa shape index (κ2) is 8.61. The second-order valence-corrected chi connectivity index (χ2v) is 5.96. The largest absolute Gasteiger partial charge is 0.378 e. The van der Waals surface area contributed by atoms with E-state index in [2.05, 4.69) is 25.7 Å². The lowest BCUT2D eigenvalue weighted by Gasteiger charge is -2.29. The molecule has 0 bridgehead atoms. The normalized spacial score (nSPS) is 15.2. The zero-order valence-corrected chi connectivity index (χ0v) is 15.1. The Labute approximate surface area is 152 Å². The molecule has 1 aliphatic rings. The number of rotatable bonds is 5. The van der Waals surface area contributed by atoms with E-state index >= 15 is 0 Å². The van der Waals surface area contributed by atoms with Crippen LogP contribution in [0, 0.1) is 5.82 Å². The Morgan fingerprint density at radius 3 is 2.69 bits per heavy atom. The molecule has 1 saturated heterocycles. The lowest BCUT2D eigenvalue weighted by Crippen LogP contribution is -2.37. The van der Waals surface area contributed by atoms with Crippen molar-refractivity contribution in [3.05, 3.63) is 41.7 Å². The molecule has 1 aromatic carbocycles. The molecule has 0 spiro atoms. The zero-order chi connectivity index (χ0) is 18.4. The SMILES string of the molecule is CN=C(NCc1ccc(N2CCOCC2)c(F)c1)NCc1ncnn1C. The van der Waals surface area contributed by atoms with Gasteiger partial charge in [0.1, 0.15) is 18.0 Å². The molecular weight excluding hydrogens is 337 g/mol. The first-order chi connectivity index (χ1) is 12.7. The Morgan fingerprint density at radius 2 is 2.04 bits per heavy atom. The molecule has 26 heavy (non-hydrogen) atoms. The summed E-state index contributed by atoms with van der Waals surface area (Å²) in [4.78, 5) is 10.3. The van der Waals surface area contributed by atoms with Gasteiger partial charge in [-0.2, -0.15) is 5.10 Å². The molecule has 0 aliphatic carbocycles. The molecule has 0 unspecified atom stereocenters. The Bertz CT molecular complexity index is 755. The number of aryl methyl sites for hydroxylation is 1. The van der Waals surface area contributed by atoms with E-state index in [9.17, 15) is 4.39 Å². The van der Waals surface area contributed by atoms with Crippen LogP contribution in [0.4, 0.5) is 10.1 Å². The fourth-order valence-electron chi connectivity index (χ4n) is 2.77. The van der Waals surface area contributed by atoms with E-state index in [0.717, 1.165) is 11.4 Å². The molecule has 9 heteroatoms. The predicted molar refractivity (Wildman–Crippen MR) is 97.5 cm³/mol.